The van der Waals surface area contributed by atoms with Gasteiger partial charge in [-0.15, -0.1) is 11.3 Å². The van der Waals surface area contributed by atoms with E-state index >= 15 is 0 Å². The lowest BCUT2D eigenvalue weighted by Gasteiger charge is -2.16. The van der Waals surface area contributed by atoms with Crippen molar-refractivity contribution in [1.29, 1.82) is 0 Å². The average Bonchev–Trinajstić information content (AvgIpc) is 2.75. The molecule has 1 atom stereocenters. The van der Waals surface area contributed by atoms with E-state index in [2.05, 4.69) is 29.1 Å². The number of nitrogens with zero attached hydrogens (tertiary/aromatic N) is 2. The first-order valence-electron chi connectivity index (χ1n) is 4.92. The largest absolute Gasteiger partial charge is 0.348 e. The second kappa shape index (κ2) is 3.66. The first-order valence-corrected chi connectivity index (χ1v) is 5.80. The summed E-state index contributed by atoms with van der Waals surface area (Å²) in [5.74, 6) is 1.67. The van der Waals surface area contributed by atoms with Crippen LogP contribution in [0.4, 0.5) is 5.13 Å². The molecule has 1 aromatic heterocycles. The molecule has 2 rings (SSSR count). The Balaban J connectivity index is 1.99. The van der Waals surface area contributed by atoms with Gasteiger partial charge in [0.25, 0.3) is 0 Å². The van der Waals surface area contributed by atoms with Crippen molar-refractivity contribution < 1.29 is 0 Å². The van der Waals surface area contributed by atoms with Crippen LogP contribution in [0.5, 0.6) is 0 Å². The third kappa shape index (κ3) is 1.85. The first kappa shape index (κ1) is 9.00. The van der Waals surface area contributed by atoms with Crippen molar-refractivity contribution in [1.82, 2.24) is 4.98 Å². The number of rotatable bonds is 2. The standard InChI is InChI=1S/C10H16N2S/c1-8(2)9-3-5-12(7-9)10-11-4-6-13-10/h4,6,8-9H,3,5,7H2,1-2H3. The zero-order chi connectivity index (χ0) is 9.26. The van der Waals surface area contributed by atoms with Crippen LogP contribution >= 0.6 is 11.3 Å². The zero-order valence-electron chi connectivity index (χ0n) is 8.23. The van der Waals surface area contributed by atoms with Crippen LogP contribution in [0, 0.1) is 11.8 Å². The zero-order valence-corrected chi connectivity index (χ0v) is 9.05. The molecule has 0 spiro atoms. The van der Waals surface area contributed by atoms with Crippen molar-refractivity contribution in [3.63, 3.8) is 0 Å². The number of thiazole rings is 1. The fourth-order valence-electron chi connectivity index (χ4n) is 1.88. The highest BCUT2D eigenvalue weighted by Crippen LogP contribution is 2.28. The molecule has 2 heterocycles. The Morgan fingerprint density at radius 1 is 1.62 bits per heavy atom. The van der Waals surface area contributed by atoms with Gasteiger partial charge in [-0.3, -0.25) is 0 Å². The molecular formula is C10H16N2S. The minimum Gasteiger partial charge on any atom is -0.348 e. The Labute approximate surface area is 83.6 Å². The van der Waals surface area contributed by atoms with Gasteiger partial charge in [0.2, 0.25) is 0 Å². The van der Waals surface area contributed by atoms with Crippen LogP contribution in [0.15, 0.2) is 11.6 Å². The smallest absolute Gasteiger partial charge is 0.185 e. The van der Waals surface area contributed by atoms with E-state index < -0.39 is 0 Å². The van der Waals surface area contributed by atoms with Crippen LogP contribution in [-0.4, -0.2) is 18.1 Å². The van der Waals surface area contributed by atoms with E-state index in [9.17, 15) is 0 Å². The molecule has 1 aliphatic heterocycles. The Kier molecular flexibility index (Phi) is 2.54. The van der Waals surface area contributed by atoms with E-state index in [-0.39, 0.29) is 0 Å². The van der Waals surface area contributed by atoms with Gasteiger partial charge < -0.3 is 4.90 Å². The van der Waals surface area contributed by atoms with Crippen molar-refractivity contribution in [3.8, 4) is 0 Å². The Hall–Kier alpha value is -0.570. The second-order valence-electron chi connectivity index (χ2n) is 4.05. The summed E-state index contributed by atoms with van der Waals surface area (Å²) in [6.07, 6.45) is 3.22. The molecule has 0 radical (unpaired) electrons. The molecule has 2 nitrogen and oxygen atoms in total. The number of hydrogen-bond donors (Lipinski definition) is 0. The van der Waals surface area contributed by atoms with Crippen molar-refractivity contribution in [2.24, 2.45) is 11.8 Å². The summed E-state index contributed by atoms with van der Waals surface area (Å²) in [6, 6.07) is 0. The third-order valence-corrected chi connectivity index (χ3v) is 3.69. The molecular weight excluding hydrogens is 180 g/mol. The van der Waals surface area contributed by atoms with Gasteiger partial charge in [-0.05, 0) is 18.3 Å². The highest BCUT2D eigenvalue weighted by atomic mass is 32.1. The lowest BCUT2D eigenvalue weighted by atomic mass is 9.95. The summed E-state index contributed by atoms with van der Waals surface area (Å²) in [5.41, 5.74) is 0. The van der Waals surface area contributed by atoms with E-state index in [1.165, 1.54) is 24.6 Å². The first-order chi connectivity index (χ1) is 6.27. The van der Waals surface area contributed by atoms with E-state index in [1.807, 2.05) is 6.20 Å². The van der Waals surface area contributed by atoms with Gasteiger partial charge in [0.1, 0.15) is 0 Å². The molecule has 72 valence electrons. The second-order valence-corrected chi connectivity index (χ2v) is 4.93. The predicted octanol–water partition coefficient (Wildman–Crippen LogP) is 2.63. The van der Waals surface area contributed by atoms with Crippen LogP contribution in [0.2, 0.25) is 0 Å². The van der Waals surface area contributed by atoms with Crippen LogP contribution < -0.4 is 4.90 Å². The lowest BCUT2D eigenvalue weighted by molar-refractivity contribution is 0.423. The highest BCUT2D eigenvalue weighted by Gasteiger charge is 2.25. The summed E-state index contributed by atoms with van der Waals surface area (Å²) in [5, 5.41) is 3.25. The summed E-state index contributed by atoms with van der Waals surface area (Å²) in [6.45, 7) is 7.02. The molecule has 0 N–H and O–H groups in total. The number of hydrogen-bond acceptors (Lipinski definition) is 3. The number of anilines is 1. The van der Waals surface area contributed by atoms with E-state index in [1.54, 1.807) is 11.3 Å². The summed E-state index contributed by atoms with van der Waals surface area (Å²) in [7, 11) is 0. The Morgan fingerprint density at radius 2 is 2.46 bits per heavy atom. The van der Waals surface area contributed by atoms with Gasteiger partial charge in [0.05, 0.1) is 0 Å². The molecule has 0 aromatic carbocycles. The lowest BCUT2D eigenvalue weighted by Crippen LogP contribution is -2.20. The van der Waals surface area contributed by atoms with E-state index in [0.29, 0.717) is 0 Å². The van der Waals surface area contributed by atoms with Gasteiger partial charge >= 0.3 is 0 Å². The normalized spacial score (nSPS) is 23.0. The molecule has 13 heavy (non-hydrogen) atoms. The molecule has 0 aliphatic carbocycles. The molecule has 0 amide bonds. The quantitative estimate of drug-likeness (QED) is 0.723. The molecule has 1 unspecified atom stereocenters. The highest BCUT2D eigenvalue weighted by molar-refractivity contribution is 7.13. The van der Waals surface area contributed by atoms with E-state index in [4.69, 9.17) is 0 Å². The van der Waals surface area contributed by atoms with Crippen LogP contribution in [-0.2, 0) is 0 Å². The monoisotopic (exact) mass is 196 g/mol. The maximum Gasteiger partial charge on any atom is 0.185 e. The molecule has 1 aromatic rings. The molecule has 1 saturated heterocycles. The molecule has 0 saturated carbocycles. The minimum atomic E-state index is 0.810. The van der Waals surface area contributed by atoms with Gasteiger partial charge in [-0.25, -0.2) is 4.98 Å². The topological polar surface area (TPSA) is 16.1 Å². The molecule has 0 bridgehead atoms. The van der Waals surface area contributed by atoms with Crippen molar-refractivity contribution in [3.05, 3.63) is 11.6 Å². The van der Waals surface area contributed by atoms with Gasteiger partial charge in [0.15, 0.2) is 5.13 Å². The van der Waals surface area contributed by atoms with Crippen LogP contribution in [0.3, 0.4) is 0 Å². The van der Waals surface area contributed by atoms with Crippen LogP contribution in [0.1, 0.15) is 20.3 Å². The average molecular weight is 196 g/mol. The Morgan fingerprint density at radius 3 is 3.00 bits per heavy atom. The molecule has 1 aliphatic rings. The van der Waals surface area contributed by atoms with Crippen molar-refractivity contribution >= 4 is 16.5 Å². The third-order valence-electron chi connectivity index (χ3n) is 2.86. The molecule has 1 fully saturated rings. The fraction of sp³-hybridized carbons (Fsp3) is 0.700. The summed E-state index contributed by atoms with van der Waals surface area (Å²) >= 11 is 1.75. The van der Waals surface area contributed by atoms with Crippen molar-refractivity contribution in [2.45, 2.75) is 20.3 Å². The SMILES string of the molecule is CC(C)C1CCN(c2nccs2)C1. The fourth-order valence-corrected chi connectivity index (χ4v) is 2.56. The predicted molar refractivity (Wildman–Crippen MR) is 57.3 cm³/mol. The van der Waals surface area contributed by atoms with Crippen molar-refractivity contribution in [2.75, 3.05) is 18.0 Å². The maximum atomic E-state index is 4.34. The van der Waals surface area contributed by atoms with Gasteiger partial charge in [-0.2, -0.15) is 0 Å². The minimum absolute atomic E-state index is 0.810. The summed E-state index contributed by atoms with van der Waals surface area (Å²) in [4.78, 5) is 6.75. The van der Waals surface area contributed by atoms with Gasteiger partial charge in [0, 0.05) is 24.7 Å². The molecule has 3 heteroatoms. The summed E-state index contributed by atoms with van der Waals surface area (Å²) < 4.78 is 0. The number of aromatic nitrogens is 1. The van der Waals surface area contributed by atoms with Gasteiger partial charge in [-0.1, -0.05) is 13.8 Å². The Bertz CT molecular complexity index is 256. The maximum absolute atomic E-state index is 4.34. The van der Waals surface area contributed by atoms with E-state index in [0.717, 1.165) is 11.8 Å². The van der Waals surface area contributed by atoms with Crippen LogP contribution in [0.25, 0.3) is 0 Å².